The maximum absolute atomic E-state index is 12.3. The predicted octanol–water partition coefficient (Wildman–Crippen LogP) is 1.53. The van der Waals surface area contributed by atoms with Gasteiger partial charge < -0.3 is 10.1 Å². The Kier molecular flexibility index (Phi) is 5.17. The molecule has 1 aliphatic rings. The number of hydrogen-bond donors (Lipinski definition) is 1. The molecule has 1 amide bonds. The van der Waals surface area contributed by atoms with E-state index in [-0.39, 0.29) is 17.9 Å². The maximum Gasteiger partial charge on any atom is 0.225 e. The van der Waals surface area contributed by atoms with Crippen molar-refractivity contribution in [2.75, 3.05) is 13.2 Å². The molecule has 0 aromatic carbocycles. The molecule has 1 saturated heterocycles. The van der Waals surface area contributed by atoms with Crippen molar-refractivity contribution in [1.82, 2.24) is 15.1 Å². The molecule has 1 aromatic rings. The number of amides is 1. The summed E-state index contributed by atoms with van der Waals surface area (Å²) in [6, 6.07) is 1.98. The van der Waals surface area contributed by atoms with E-state index >= 15 is 0 Å². The first-order valence-corrected chi connectivity index (χ1v) is 7.45. The molecule has 0 radical (unpaired) electrons. The molecule has 20 heavy (non-hydrogen) atoms. The fourth-order valence-corrected chi connectivity index (χ4v) is 2.83. The summed E-state index contributed by atoms with van der Waals surface area (Å²) in [6.45, 7) is 5.67. The fourth-order valence-electron chi connectivity index (χ4n) is 2.83. The highest BCUT2D eigenvalue weighted by molar-refractivity contribution is 5.79. The Labute approximate surface area is 120 Å². The van der Waals surface area contributed by atoms with Crippen molar-refractivity contribution in [3.63, 3.8) is 0 Å². The molecule has 1 fully saturated rings. The number of carbonyl (C=O) groups excluding carboxylic acids is 1. The number of aryl methyl sites for hydroxylation is 1. The van der Waals surface area contributed by atoms with E-state index in [0.717, 1.165) is 31.6 Å². The predicted molar refractivity (Wildman–Crippen MR) is 77.2 cm³/mol. The van der Waals surface area contributed by atoms with Crippen molar-refractivity contribution in [2.24, 2.45) is 18.9 Å². The molecule has 0 saturated carbocycles. The van der Waals surface area contributed by atoms with Crippen molar-refractivity contribution < 1.29 is 9.53 Å². The lowest BCUT2D eigenvalue weighted by Gasteiger charge is -2.33. The van der Waals surface area contributed by atoms with Crippen molar-refractivity contribution in [2.45, 2.75) is 39.2 Å². The second-order valence-electron chi connectivity index (χ2n) is 5.82. The number of hydrogen-bond acceptors (Lipinski definition) is 3. The first-order chi connectivity index (χ1) is 9.59. The first kappa shape index (κ1) is 15.0. The Morgan fingerprint density at radius 1 is 1.60 bits per heavy atom. The molecule has 0 aliphatic carbocycles. The summed E-state index contributed by atoms with van der Waals surface area (Å²) in [5.74, 6) is 0.504. The van der Waals surface area contributed by atoms with Crippen LogP contribution >= 0.6 is 0 Å². The molecule has 5 heteroatoms. The second-order valence-corrected chi connectivity index (χ2v) is 5.82. The van der Waals surface area contributed by atoms with E-state index in [2.05, 4.69) is 24.3 Å². The monoisotopic (exact) mass is 279 g/mol. The summed E-state index contributed by atoms with van der Waals surface area (Å²) in [5, 5.41) is 7.17. The lowest BCUT2D eigenvalue weighted by Crippen LogP contribution is -2.44. The minimum absolute atomic E-state index is 0.00436. The maximum atomic E-state index is 12.3. The third-order valence-corrected chi connectivity index (χ3v) is 3.96. The van der Waals surface area contributed by atoms with Crippen molar-refractivity contribution >= 4 is 5.91 Å². The van der Waals surface area contributed by atoms with Crippen LogP contribution in [0.5, 0.6) is 0 Å². The van der Waals surface area contributed by atoms with Crippen LogP contribution in [0.4, 0.5) is 0 Å². The Bertz CT molecular complexity index is 442. The van der Waals surface area contributed by atoms with Gasteiger partial charge in [-0.05, 0) is 24.8 Å². The average Bonchev–Trinajstić information content (AvgIpc) is 2.84. The summed E-state index contributed by atoms with van der Waals surface area (Å²) in [6.07, 6.45) is 4.55. The zero-order chi connectivity index (χ0) is 14.5. The van der Waals surface area contributed by atoms with Crippen LogP contribution in [-0.4, -0.2) is 34.9 Å². The molecule has 2 heterocycles. The highest BCUT2D eigenvalue weighted by Gasteiger charge is 2.33. The molecular weight excluding hydrogens is 254 g/mol. The van der Waals surface area contributed by atoms with Gasteiger partial charge in [0.2, 0.25) is 5.91 Å². The fraction of sp³-hybridized carbons (Fsp3) is 0.733. The van der Waals surface area contributed by atoms with E-state index in [1.165, 1.54) is 0 Å². The Hall–Kier alpha value is -1.36. The highest BCUT2D eigenvalue weighted by Crippen LogP contribution is 2.26. The van der Waals surface area contributed by atoms with Crippen molar-refractivity contribution in [3.05, 3.63) is 18.0 Å². The molecule has 1 aromatic heterocycles. The third-order valence-electron chi connectivity index (χ3n) is 3.96. The van der Waals surface area contributed by atoms with E-state index in [0.29, 0.717) is 12.5 Å². The van der Waals surface area contributed by atoms with Gasteiger partial charge in [-0.3, -0.25) is 9.48 Å². The van der Waals surface area contributed by atoms with Crippen LogP contribution in [0.1, 0.15) is 32.4 Å². The van der Waals surface area contributed by atoms with Crippen LogP contribution in [0.15, 0.2) is 12.3 Å². The lowest BCUT2D eigenvalue weighted by atomic mass is 9.87. The van der Waals surface area contributed by atoms with Crippen LogP contribution in [-0.2, 0) is 23.0 Å². The molecule has 112 valence electrons. The van der Waals surface area contributed by atoms with E-state index in [1.807, 2.05) is 17.8 Å². The average molecular weight is 279 g/mol. The molecule has 0 bridgehead atoms. The van der Waals surface area contributed by atoms with Crippen molar-refractivity contribution in [3.8, 4) is 0 Å². The van der Waals surface area contributed by atoms with Crippen LogP contribution in [0, 0.1) is 11.8 Å². The molecular formula is C15H25N3O2. The molecule has 2 rings (SSSR count). The number of nitrogens with zero attached hydrogens (tertiary/aromatic N) is 2. The summed E-state index contributed by atoms with van der Waals surface area (Å²) in [4.78, 5) is 12.3. The number of carbonyl (C=O) groups is 1. The van der Waals surface area contributed by atoms with Gasteiger partial charge in [0.25, 0.3) is 0 Å². The van der Waals surface area contributed by atoms with E-state index < -0.39 is 0 Å². The number of ether oxygens (including phenoxy) is 1. The molecule has 0 spiro atoms. The summed E-state index contributed by atoms with van der Waals surface area (Å²) < 4.78 is 7.61. The van der Waals surface area contributed by atoms with Gasteiger partial charge in [-0.2, -0.15) is 5.10 Å². The molecule has 5 nitrogen and oxygen atoms in total. The second kappa shape index (κ2) is 6.88. The van der Waals surface area contributed by atoms with Crippen LogP contribution < -0.4 is 5.32 Å². The van der Waals surface area contributed by atoms with Gasteiger partial charge in [0.15, 0.2) is 0 Å². The first-order valence-electron chi connectivity index (χ1n) is 7.45. The van der Waals surface area contributed by atoms with Gasteiger partial charge in [0.05, 0.1) is 12.0 Å². The minimum Gasteiger partial charge on any atom is -0.377 e. The van der Waals surface area contributed by atoms with Gasteiger partial charge in [0.1, 0.15) is 0 Å². The topological polar surface area (TPSA) is 56.1 Å². The quantitative estimate of drug-likeness (QED) is 0.889. The van der Waals surface area contributed by atoms with E-state index in [4.69, 9.17) is 4.74 Å². The van der Waals surface area contributed by atoms with Gasteiger partial charge in [-0.1, -0.05) is 13.8 Å². The smallest absolute Gasteiger partial charge is 0.225 e. The highest BCUT2D eigenvalue weighted by atomic mass is 16.5. The van der Waals surface area contributed by atoms with Gasteiger partial charge >= 0.3 is 0 Å². The molecule has 0 unspecified atom stereocenters. The van der Waals surface area contributed by atoms with E-state index in [1.54, 1.807) is 6.20 Å². The van der Waals surface area contributed by atoms with Crippen LogP contribution in [0.25, 0.3) is 0 Å². The Balaban J connectivity index is 1.83. The Morgan fingerprint density at radius 3 is 3.05 bits per heavy atom. The zero-order valence-electron chi connectivity index (χ0n) is 12.6. The lowest BCUT2D eigenvalue weighted by molar-refractivity contribution is -0.137. The summed E-state index contributed by atoms with van der Waals surface area (Å²) >= 11 is 0. The SMILES string of the molecule is CC(C)[C@@H]1OCCC[C@H]1C(=O)NCCc1ccnn1C. The van der Waals surface area contributed by atoms with Gasteiger partial charge in [-0.15, -0.1) is 0 Å². The van der Waals surface area contributed by atoms with E-state index in [9.17, 15) is 4.79 Å². The molecule has 1 aliphatic heterocycles. The molecule has 1 N–H and O–H groups in total. The normalized spacial score (nSPS) is 23.0. The van der Waals surface area contributed by atoms with Crippen LogP contribution in [0.2, 0.25) is 0 Å². The largest absolute Gasteiger partial charge is 0.377 e. The Morgan fingerprint density at radius 2 is 2.40 bits per heavy atom. The minimum atomic E-state index is -0.00436. The number of aromatic nitrogens is 2. The van der Waals surface area contributed by atoms with Gasteiger partial charge in [0, 0.05) is 38.5 Å². The summed E-state index contributed by atoms with van der Waals surface area (Å²) in [5.41, 5.74) is 1.13. The summed E-state index contributed by atoms with van der Waals surface area (Å²) in [7, 11) is 1.92. The third kappa shape index (κ3) is 3.60. The van der Waals surface area contributed by atoms with Crippen LogP contribution in [0.3, 0.4) is 0 Å². The van der Waals surface area contributed by atoms with Gasteiger partial charge in [-0.25, -0.2) is 0 Å². The number of rotatable bonds is 5. The standard InChI is InChI=1S/C15H25N3O2/c1-11(2)14-13(5-4-10-20-14)15(19)16-8-6-12-7-9-17-18(12)3/h7,9,11,13-14H,4-6,8,10H2,1-3H3,(H,16,19)/t13-,14+/m1/s1. The van der Waals surface area contributed by atoms with Crippen molar-refractivity contribution in [1.29, 1.82) is 0 Å². The molecule has 2 atom stereocenters. The zero-order valence-corrected chi connectivity index (χ0v) is 12.6. The number of nitrogens with one attached hydrogen (secondary N) is 1.